The molecule has 208 valence electrons. The van der Waals surface area contributed by atoms with Gasteiger partial charge in [-0.2, -0.15) is 0 Å². The van der Waals surface area contributed by atoms with Crippen LogP contribution < -0.4 is 15.3 Å². The van der Waals surface area contributed by atoms with Gasteiger partial charge >= 0.3 is 12.1 Å². The largest absolute Gasteiger partial charge is 0.573 e. The number of aromatic nitrogens is 3. The van der Waals surface area contributed by atoms with Crippen LogP contribution in [0.5, 0.6) is 11.6 Å². The van der Waals surface area contributed by atoms with Gasteiger partial charge in [0.05, 0.1) is 17.9 Å². The van der Waals surface area contributed by atoms with Crippen LogP contribution in [0, 0.1) is 6.92 Å². The lowest BCUT2D eigenvalue weighted by atomic mass is 10.2. The Kier molecular flexibility index (Phi) is 7.24. The fraction of sp³-hybridized carbons (Fsp3) is 0.250. The number of nitrogens with zero attached hydrogens (tertiary/aromatic N) is 5. The molecular formula is C28H26F3N5O4. The number of amides is 1. The van der Waals surface area contributed by atoms with Gasteiger partial charge in [0, 0.05) is 38.1 Å². The van der Waals surface area contributed by atoms with E-state index in [1.54, 1.807) is 24.0 Å². The molecule has 5 rings (SSSR count). The van der Waals surface area contributed by atoms with Crippen molar-refractivity contribution in [3.05, 3.63) is 100 Å². The van der Waals surface area contributed by atoms with E-state index in [0.29, 0.717) is 31.7 Å². The van der Waals surface area contributed by atoms with Crippen molar-refractivity contribution < 1.29 is 27.8 Å². The molecule has 0 atom stereocenters. The first kappa shape index (κ1) is 26.9. The lowest BCUT2D eigenvalue weighted by molar-refractivity contribution is -0.274. The van der Waals surface area contributed by atoms with Gasteiger partial charge in [0.1, 0.15) is 11.4 Å². The van der Waals surface area contributed by atoms with Gasteiger partial charge in [-0.25, -0.2) is 9.36 Å². The third-order valence-corrected chi connectivity index (χ3v) is 6.76. The zero-order valence-corrected chi connectivity index (χ0v) is 21.5. The number of aromatic hydroxyl groups is 1. The van der Waals surface area contributed by atoms with E-state index in [0.717, 1.165) is 22.4 Å². The van der Waals surface area contributed by atoms with E-state index in [4.69, 9.17) is 0 Å². The summed E-state index contributed by atoms with van der Waals surface area (Å²) < 4.78 is 43.6. The van der Waals surface area contributed by atoms with Crippen LogP contribution in [0.3, 0.4) is 0 Å². The van der Waals surface area contributed by atoms with Crippen molar-refractivity contribution in [1.82, 2.24) is 19.0 Å². The van der Waals surface area contributed by atoms with Crippen LogP contribution in [-0.4, -0.2) is 62.6 Å². The Balaban J connectivity index is 1.31. The van der Waals surface area contributed by atoms with Gasteiger partial charge < -0.3 is 19.6 Å². The second kappa shape index (κ2) is 10.8. The number of hydrogen-bond donors (Lipinski definition) is 1. The number of pyridine rings is 1. The number of hydrogen-bond acceptors (Lipinski definition) is 6. The second-order valence-electron chi connectivity index (χ2n) is 9.32. The fourth-order valence-corrected chi connectivity index (χ4v) is 4.69. The van der Waals surface area contributed by atoms with Gasteiger partial charge in [-0.15, -0.1) is 13.2 Å². The van der Waals surface area contributed by atoms with Gasteiger partial charge in [0.25, 0.3) is 5.91 Å². The number of halogens is 3. The standard InChI is InChI=1S/C28H26F3N5O4/c1-19-25(37)36(22-7-9-23(10-8-22)40-28(29,30)31)27(39)35(19)18-20-11-12-32-24(17-20)26(38)34-15-13-33(14-16-34)21-5-3-2-4-6-21/h2-12,17,37H,13-16,18H2,1H3. The highest BCUT2D eigenvalue weighted by Gasteiger charge is 2.31. The van der Waals surface area contributed by atoms with Gasteiger partial charge in [-0.3, -0.25) is 14.3 Å². The Hall–Kier alpha value is -4.74. The molecule has 2 aromatic carbocycles. The van der Waals surface area contributed by atoms with Gasteiger partial charge in [0.15, 0.2) is 0 Å². The van der Waals surface area contributed by atoms with Crippen LogP contribution in [0.4, 0.5) is 18.9 Å². The quantitative estimate of drug-likeness (QED) is 0.389. The summed E-state index contributed by atoms with van der Waals surface area (Å²) in [6, 6.07) is 17.9. The molecule has 1 saturated heterocycles. The molecule has 40 heavy (non-hydrogen) atoms. The molecule has 1 aliphatic heterocycles. The lowest BCUT2D eigenvalue weighted by Gasteiger charge is -2.36. The topological polar surface area (TPSA) is 92.8 Å². The molecule has 1 amide bonds. The van der Waals surface area contributed by atoms with E-state index >= 15 is 0 Å². The molecule has 0 aliphatic carbocycles. The second-order valence-corrected chi connectivity index (χ2v) is 9.32. The predicted octanol–water partition coefficient (Wildman–Crippen LogP) is 3.96. The first-order chi connectivity index (χ1) is 19.1. The average molecular weight is 554 g/mol. The summed E-state index contributed by atoms with van der Waals surface area (Å²) in [5.74, 6) is -1.01. The highest BCUT2D eigenvalue weighted by atomic mass is 19.4. The predicted molar refractivity (Wildman–Crippen MR) is 141 cm³/mol. The molecule has 0 saturated carbocycles. The van der Waals surface area contributed by atoms with Crippen LogP contribution in [0.25, 0.3) is 5.69 Å². The van der Waals surface area contributed by atoms with Crippen molar-refractivity contribution in [1.29, 1.82) is 0 Å². The first-order valence-corrected chi connectivity index (χ1v) is 12.5. The summed E-state index contributed by atoms with van der Waals surface area (Å²) in [5, 5.41) is 10.7. The molecule has 4 aromatic rings. The zero-order chi connectivity index (χ0) is 28.4. The van der Waals surface area contributed by atoms with E-state index < -0.39 is 17.8 Å². The molecule has 1 aliphatic rings. The highest BCUT2D eigenvalue weighted by molar-refractivity contribution is 5.92. The van der Waals surface area contributed by atoms with Crippen LogP contribution in [0.2, 0.25) is 0 Å². The SMILES string of the molecule is Cc1c(O)n(-c2ccc(OC(F)(F)F)cc2)c(=O)n1Cc1ccnc(C(=O)N2CCN(c3ccccc3)CC2)c1. The summed E-state index contributed by atoms with van der Waals surface area (Å²) in [5.41, 5.74) is 1.80. The van der Waals surface area contributed by atoms with E-state index in [-0.39, 0.29) is 35.4 Å². The molecule has 1 N–H and O–H groups in total. The van der Waals surface area contributed by atoms with Gasteiger partial charge in [-0.05, 0) is 61.0 Å². The smallest absolute Gasteiger partial charge is 0.493 e. The average Bonchev–Trinajstić information content (AvgIpc) is 3.16. The number of carbonyl (C=O) groups is 1. The Morgan fingerprint density at radius 1 is 0.975 bits per heavy atom. The Labute approximate surface area is 227 Å². The normalized spacial score (nSPS) is 13.9. The number of alkyl halides is 3. The molecule has 0 radical (unpaired) electrons. The molecule has 0 unspecified atom stereocenters. The van der Waals surface area contributed by atoms with E-state index in [2.05, 4.69) is 14.6 Å². The van der Waals surface area contributed by atoms with Crippen LogP contribution in [-0.2, 0) is 6.54 Å². The van der Waals surface area contributed by atoms with Crippen molar-refractivity contribution in [3.8, 4) is 17.3 Å². The number of imidazole rings is 1. The number of rotatable bonds is 6. The third-order valence-electron chi connectivity index (χ3n) is 6.76. The van der Waals surface area contributed by atoms with Crippen molar-refractivity contribution in [2.75, 3.05) is 31.1 Å². The number of carbonyl (C=O) groups excluding carboxylic acids is 1. The van der Waals surface area contributed by atoms with Crippen molar-refractivity contribution in [2.45, 2.75) is 19.8 Å². The Bertz CT molecular complexity index is 1560. The zero-order valence-electron chi connectivity index (χ0n) is 21.5. The first-order valence-electron chi connectivity index (χ1n) is 12.5. The minimum absolute atomic E-state index is 0.0467. The maximum absolute atomic E-state index is 13.2. The maximum Gasteiger partial charge on any atom is 0.573 e. The summed E-state index contributed by atoms with van der Waals surface area (Å²) in [6.45, 7) is 4.07. The van der Waals surface area contributed by atoms with Crippen LogP contribution in [0.1, 0.15) is 21.7 Å². The van der Waals surface area contributed by atoms with E-state index in [9.17, 15) is 27.9 Å². The fourth-order valence-electron chi connectivity index (χ4n) is 4.69. The Morgan fingerprint density at radius 3 is 2.30 bits per heavy atom. The minimum atomic E-state index is -4.85. The van der Waals surface area contributed by atoms with Gasteiger partial charge in [-0.1, -0.05) is 18.2 Å². The summed E-state index contributed by atoms with van der Waals surface area (Å²) in [6.07, 6.45) is -3.35. The number of para-hydroxylation sites is 1. The van der Waals surface area contributed by atoms with Crippen molar-refractivity contribution >= 4 is 11.6 Å². The monoisotopic (exact) mass is 553 g/mol. The van der Waals surface area contributed by atoms with E-state index in [1.807, 2.05) is 30.3 Å². The lowest BCUT2D eigenvalue weighted by Crippen LogP contribution is -2.49. The van der Waals surface area contributed by atoms with Crippen molar-refractivity contribution in [2.24, 2.45) is 0 Å². The molecular weight excluding hydrogens is 527 g/mol. The molecule has 1 fully saturated rings. The number of piperazine rings is 1. The minimum Gasteiger partial charge on any atom is -0.493 e. The summed E-state index contributed by atoms with van der Waals surface area (Å²) >= 11 is 0. The molecule has 3 heterocycles. The number of ether oxygens (including phenoxy) is 1. The Morgan fingerprint density at radius 2 is 1.65 bits per heavy atom. The molecule has 0 bridgehead atoms. The van der Waals surface area contributed by atoms with Crippen LogP contribution >= 0.6 is 0 Å². The highest BCUT2D eigenvalue weighted by Crippen LogP contribution is 2.26. The maximum atomic E-state index is 13.2. The third kappa shape index (κ3) is 5.65. The van der Waals surface area contributed by atoms with E-state index in [1.165, 1.54) is 22.9 Å². The summed E-state index contributed by atoms with van der Waals surface area (Å²) in [7, 11) is 0. The molecule has 12 heteroatoms. The molecule has 0 spiro atoms. The summed E-state index contributed by atoms with van der Waals surface area (Å²) in [4.78, 5) is 34.6. The van der Waals surface area contributed by atoms with Crippen molar-refractivity contribution in [3.63, 3.8) is 0 Å². The molecule has 2 aromatic heterocycles. The van der Waals surface area contributed by atoms with Gasteiger partial charge in [0.2, 0.25) is 5.88 Å². The molecule has 9 nitrogen and oxygen atoms in total. The number of benzene rings is 2. The number of anilines is 1. The van der Waals surface area contributed by atoms with Crippen LogP contribution in [0.15, 0.2) is 77.7 Å².